The van der Waals surface area contributed by atoms with E-state index in [9.17, 15) is 4.79 Å². The zero-order chi connectivity index (χ0) is 11.0. The van der Waals surface area contributed by atoms with Gasteiger partial charge in [0.25, 0.3) is 0 Å². The fraction of sp³-hybridized carbons (Fsp3) is 0.909. The number of carbonyl (C=O) groups is 1. The number of nitrogens with one attached hydrogen (secondary N) is 1. The molecule has 2 N–H and O–H groups in total. The quantitative estimate of drug-likeness (QED) is 0.704. The van der Waals surface area contributed by atoms with Crippen molar-refractivity contribution >= 4 is 5.97 Å². The van der Waals surface area contributed by atoms with Crippen LogP contribution in [0.25, 0.3) is 0 Å². The monoisotopic (exact) mass is 212 g/mol. The van der Waals surface area contributed by atoms with E-state index in [0.717, 1.165) is 38.0 Å². The van der Waals surface area contributed by atoms with Gasteiger partial charge in [0.2, 0.25) is 0 Å². The van der Waals surface area contributed by atoms with Crippen LogP contribution >= 0.6 is 0 Å². The number of hydrogen-bond donors (Lipinski definition) is 2. The molecule has 4 heteroatoms. The Hall–Kier alpha value is -0.610. The van der Waals surface area contributed by atoms with Gasteiger partial charge >= 0.3 is 5.97 Å². The zero-order valence-electron chi connectivity index (χ0n) is 9.44. The van der Waals surface area contributed by atoms with Gasteiger partial charge in [0.05, 0.1) is 5.92 Å². The Kier molecular flexibility index (Phi) is 2.98. The van der Waals surface area contributed by atoms with E-state index in [1.54, 1.807) is 6.92 Å². The number of carboxylic acids is 1. The molecule has 4 atom stereocenters. The van der Waals surface area contributed by atoms with Gasteiger partial charge in [-0.2, -0.15) is 0 Å². The highest BCUT2D eigenvalue weighted by Crippen LogP contribution is 2.29. The molecule has 2 fully saturated rings. The predicted molar refractivity (Wildman–Crippen MR) is 57.7 cm³/mol. The van der Waals surface area contributed by atoms with Crippen molar-refractivity contribution in [3.63, 3.8) is 0 Å². The molecule has 0 radical (unpaired) electrons. The van der Waals surface area contributed by atoms with Crippen LogP contribution in [0.15, 0.2) is 0 Å². The molecule has 15 heavy (non-hydrogen) atoms. The van der Waals surface area contributed by atoms with Gasteiger partial charge < -0.3 is 10.4 Å². The summed E-state index contributed by atoms with van der Waals surface area (Å²) in [5.41, 5.74) is 0. The number of carboxylic acid groups (broad SMARTS) is 1. The van der Waals surface area contributed by atoms with Crippen molar-refractivity contribution in [2.24, 2.45) is 17.8 Å². The molecule has 2 rings (SSSR count). The summed E-state index contributed by atoms with van der Waals surface area (Å²) in [4.78, 5) is 13.2. The van der Waals surface area contributed by atoms with Crippen molar-refractivity contribution < 1.29 is 9.90 Å². The molecule has 2 aliphatic rings. The van der Waals surface area contributed by atoms with E-state index in [-0.39, 0.29) is 12.0 Å². The van der Waals surface area contributed by atoms with Gasteiger partial charge in [-0.15, -0.1) is 0 Å². The minimum atomic E-state index is -0.683. The molecule has 0 aliphatic carbocycles. The first-order valence-electron chi connectivity index (χ1n) is 5.77. The Labute approximate surface area is 90.6 Å². The topological polar surface area (TPSA) is 52.6 Å². The predicted octanol–water partition coefficient (Wildman–Crippen LogP) is 0.247. The molecule has 0 aromatic heterocycles. The molecule has 4 unspecified atom stereocenters. The summed E-state index contributed by atoms with van der Waals surface area (Å²) in [5.74, 6) is 0.538. The molecule has 0 aromatic carbocycles. The summed E-state index contributed by atoms with van der Waals surface area (Å²) >= 11 is 0. The van der Waals surface area contributed by atoms with Crippen LogP contribution in [0.2, 0.25) is 0 Å². The van der Waals surface area contributed by atoms with Crippen molar-refractivity contribution in [1.29, 1.82) is 0 Å². The van der Waals surface area contributed by atoms with Gasteiger partial charge in [0.15, 0.2) is 0 Å². The first-order valence-corrected chi connectivity index (χ1v) is 5.77. The van der Waals surface area contributed by atoms with Crippen molar-refractivity contribution in [2.75, 3.05) is 26.2 Å². The lowest BCUT2D eigenvalue weighted by Crippen LogP contribution is -2.40. The van der Waals surface area contributed by atoms with Crippen LogP contribution < -0.4 is 5.32 Å². The molecule has 0 bridgehead atoms. The summed E-state index contributed by atoms with van der Waals surface area (Å²) in [5, 5.41) is 12.4. The standard InChI is InChI=1S/C11H20N2O2/c1-7(11(14)15)8(2)13-5-9-3-12-4-10(9)6-13/h7-10,12H,3-6H2,1-2H3,(H,14,15). The molecule has 2 heterocycles. The largest absolute Gasteiger partial charge is 0.481 e. The molecule has 0 amide bonds. The van der Waals surface area contributed by atoms with Crippen molar-refractivity contribution in [3.8, 4) is 0 Å². The number of likely N-dealkylation sites (tertiary alicyclic amines) is 1. The highest BCUT2D eigenvalue weighted by molar-refractivity contribution is 5.70. The number of hydrogen-bond acceptors (Lipinski definition) is 3. The Bertz CT molecular complexity index is 245. The number of aliphatic carboxylic acids is 1. The first-order chi connectivity index (χ1) is 7.09. The van der Waals surface area contributed by atoms with Crippen LogP contribution in [0.3, 0.4) is 0 Å². The summed E-state index contributed by atoms with van der Waals surface area (Å²) in [6, 6.07) is 0.160. The summed E-state index contributed by atoms with van der Waals surface area (Å²) in [7, 11) is 0. The van der Waals surface area contributed by atoms with E-state index in [4.69, 9.17) is 5.11 Å². The third-order valence-corrected chi connectivity index (χ3v) is 4.11. The van der Waals surface area contributed by atoms with E-state index >= 15 is 0 Å². The summed E-state index contributed by atoms with van der Waals surface area (Å²) in [6.07, 6.45) is 0. The molecule has 86 valence electrons. The fourth-order valence-electron chi connectivity index (χ4n) is 2.75. The minimum absolute atomic E-state index is 0.160. The highest BCUT2D eigenvalue weighted by Gasteiger charge is 2.39. The van der Waals surface area contributed by atoms with Crippen molar-refractivity contribution in [1.82, 2.24) is 10.2 Å². The maximum Gasteiger partial charge on any atom is 0.307 e. The second kappa shape index (κ2) is 4.10. The Morgan fingerprint density at radius 1 is 1.33 bits per heavy atom. The van der Waals surface area contributed by atoms with Crippen LogP contribution in [-0.4, -0.2) is 48.2 Å². The Morgan fingerprint density at radius 2 is 1.87 bits per heavy atom. The molecule has 0 saturated carbocycles. The van der Waals surface area contributed by atoms with Gasteiger partial charge in [-0.05, 0) is 31.8 Å². The van der Waals surface area contributed by atoms with Gasteiger partial charge in [0.1, 0.15) is 0 Å². The van der Waals surface area contributed by atoms with Gasteiger partial charge in [-0.25, -0.2) is 0 Å². The molecule has 0 spiro atoms. The third kappa shape index (κ3) is 2.01. The molecule has 4 nitrogen and oxygen atoms in total. The SMILES string of the molecule is CC(C(=O)O)C(C)N1CC2CNCC2C1. The highest BCUT2D eigenvalue weighted by atomic mass is 16.4. The lowest BCUT2D eigenvalue weighted by Gasteiger charge is -2.28. The van der Waals surface area contributed by atoms with Crippen molar-refractivity contribution in [3.05, 3.63) is 0 Å². The average Bonchev–Trinajstić information content (AvgIpc) is 2.74. The lowest BCUT2D eigenvalue weighted by atomic mass is 10.0. The average molecular weight is 212 g/mol. The van der Waals surface area contributed by atoms with E-state index in [2.05, 4.69) is 10.2 Å². The van der Waals surface area contributed by atoms with E-state index in [1.165, 1.54) is 0 Å². The molecular formula is C11H20N2O2. The molecule has 2 saturated heterocycles. The Balaban J connectivity index is 1.93. The zero-order valence-corrected chi connectivity index (χ0v) is 9.44. The number of nitrogens with zero attached hydrogens (tertiary/aromatic N) is 1. The van der Waals surface area contributed by atoms with Crippen molar-refractivity contribution in [2.45, 2.75) is 19.9 Å². The number of rotatable bonds is 3. The first kappa shape index (κ1) is 10.9. The van der Waals surface area contributed by atoms with Crippen LogP contribution in [0.1, 0.15) is 13.8 Å². The molecular weight excluding hydrogens is 192 g/mol. The third-order valence-electron chi connectivity index (χ3n) is 4.11. The van der Waals surface area contributed by atoms with Crippen LogP contribution in [0.5, 0.6) is 0 Å². The number of fused-ring (bicyclic) bond motifs is 1. The van der Waals surface area contributed by atoms with Crippen LogP contribution in [-0.2, 0) is 4.79 Å². The van der Waals surface area contributed by atoms with Gasteiger partial charge in [-0.3, -0.25) is 9.69 Å². The minimum Gasteiger partial charge on any atom is -0.481 e. The maximum absolute atomic E-state index is 10.9. The van der Waals surface area contributed by atoms with Gasteiger partial charge in [-0.1, -0.05) is 6.92 Å². The molecule has 2 aliphatic heterocycles. The second-order valence-corrected chi connectivity index (χ2v) is 5.00. The Morgan fingerprint density at radius 3 is 2.33 bits per heavy atom. The maximum atomic E-state index is 10.9. The summed E-state index contributed by atoms with van der Waals surface area (Å²) < 4.78 is 0. The van der Waals surface area contributed by atoms with E-state index in [1.807, 2.05) is 6.92 Å². The second-order valence-electron chi connectivity index (χ2n) is 5.00. The molecule has 0 aromatic rings. The van der Waals surface area contributed by atoms with Crippen LogP contribution in [0, 0.1) is 17.8 Å². The van der Waals surface area contributed by atoms with E-state index in [0.29, 0.717) is 0 Å². The van der Waals surface area contributed by atoms with Crippen LogP contribution in [0.4, 0.5) is 0 Å². The smallest absolute Gasteiger partial charge is 0.307 e. The lowest BCUT2D eigenvalue weighted by molar-refractivity contribution is -0.143. The normalized spacial score (nSPS) is 35.1. The summed E-state index contributed by atoms with van der Waals surface area (Å²) in [6.45, 7) is 8.18. The fourth-order valence-corrected chi connectivity index (χ4v) is 2.75. The van der Waals surface area contributed by atoms with E-state index < -0.39 is 5.97 Å². The van der Waals surface area contributed by atoms with Gasteiger partial charge in [0, 0.05) is 19.1 Å².